The van der Waals surface area contributed by atoms with Gasteiger partial charge in [0.15, 0.2) is 0 Å². The molecule has 1 aromatic heterocycles. The van der Waals surface area contributed by atoms with Gasteiger partial charge in [0.25, 0.3) is 0 Å². The lowest BCUT2D eigenvalue weighted by Crippen LogP contribution is -2.48. The second-order valence-electron chi connectivity index (χ2n) is 10.9. The van der Waals surface area contributed by atoms with Crippen molar-refractivity contribution in [1.82, 2.24) is 14.9 Å². The maximum atomic E-state index is 13.2. The highest BCUT2D eigenvalue weighted by Gasteiger charge is 2.30. The first kappa shape index (κ1) is 29.8. The number of piperidine rings is 1. The third-order valence-corrected chi connectivity index (χ3v) is 7.81. The number of hydrogen-bond acceptors (Lipinski definition) is 6. The maximum absolute atomic E-state index is 13.2. The average molecular weight is 585 g/mol. The van der Waals surface area contributed by atoms with Crippen molar-refractivity contribution in [2.45, 2.75) is 44.9 Å². The van der Waals surface area contributed by atoms with E-state index in [2.05, 4.69) is 27.3 Å². The number of carbonyl (C=O) groups is 2. The number of anilines is 1. The molecule has 0 saturated carbocycles. The van der Waals surface area contributed by atoms with Gasteiger partial charge >= 0.3 is 5.97 Å². The van der Waals surface area contributed by atoms with Crippen molar-refractivity contribution in [3.8, 4) is 5.75 Å². The predicted octanol–water partition coefficient (Wildman–Crippen LogP) is 5.33. The van der Waals surface area contributed by atoms with E-state index in [0.717, 1.165) is 16.8 Å². The van der Waals surface area contributed by atoms with Crippen LogP contribution in [0.25, 0.3) is 0 Å². The molecule has 1 unspecified atom stereocenters. The van der Waals surface area contributed by atoms with Gasteiger partial charge in [-0.05, 0) is 67.3 Å². The Bertz CT molecular complexity index is 1500. The monoisotopic (exact) mass is 584 g/mol. The summed E-state index contributed by atoms with van der Waals surface area (Å²) in [5.74, 6) is -0.531. The van der Waals surface area contributed by atoms with Gasteiger partial charge < -0.3 is 24.3 Å². The van der Waals surface area contributed by atoms with E-state index < -0.39 is 12.0 Å². The van der Waals surface area contributed by atoms with E-state index in [1.54, 1.807) is 18.5 Å². The Labute approximate surface area is 251 Å². The number of benzene rings is 3. The molecule has 1 amide bonds. The van der Waals surface area contributed by atoms with Crippen LogP contribution in [0.2, 0.25) is 0 Å². The van der Waals surface area contributed by atoms with Gasteiger partial charge in [0.1, 0.15) is 23.7 Å². The van der Waals surface area contributed by atoms with Crippen molar-refractivity contribution in [3.63, 3.8) is 0 Å². The predicted molar refractivity (Wildman–Crippen MR) is 162 cm³/mol. The Hall–Kier alpha value is -4.66. The van der Waals surface area contributed by atoms with Crippen LogP contribution in [0.5, 0.6) is 5.75 Å². The Morgan fingerprint density at radius 2 is 1.77 bits per heavy atom. The zero-order valence-corrected chi connectivity index (χ0v) is 24.5. The van der Waals surface area contributed by atoms with E-state index in [4.69, 9.17) is 9.47 Å². The molecule has 0 radical (unpaired) electrons. The van der Waals surface area contributed by atoms with Crippen LogP contribution in [0.1, 0.15) is 42.7 Å². The number of hydrogen-bond donors (Lipinski definition) is 1. The summed E-state index contributed by atoms with van der Waals surface area (Å²) in [7, 11) is 1.33. The SMILES string of the molecule is COC(=O)[C@H](Cc1cn(Cc2ccccc2)cn1)NC(=O)C1CCN(c2cccc(C(C)Oc3ccc(F)cc3)c2)CC1. The number of carbonyl (C=O) groups excluding carboxylic acids is 2. The second-order valence-corrected chi connectivity index (χ2v) is 10.9. The van der Waals surface area contributed by atoms with Crippen molar-refractivity contribution < 1.29 is 23.5 Å². The molecular weight excluding hydrogens is 547 g/mol. The van der Waals surface area contributed by atoms with Gasteiger partial charge in [-0.25, -0.2) is 14.2 Å². The van der Waals surface area contributed by atoms with E-state index in [1.807, 2.05) is 60.2 Å². The number of aromatic nitrogens is 2. The average Bonchev–Trinajstić information content (AvgIpc) is 3.48. The molecule has 5 rings (SSSR count). The van der Waals surface area contributed by atoms with Gasteiger partial charge in [-0.2, -0.15) is 0 Å². The van der Waals surface area contributed by atoms with Crippen molar-refractivity contribution in [2.24, 2.45) is 5.92 Å². The lowest BCUT2D eigenvalue weighted by molar-refractivity contribution is -0.145. The van der Waals surface area contributed by atoms with Crippen LogP contribution in [0.3, 0.4) is 0 Å². The van der Waals surface area contributed by atoms with Gasteiger partial charge in [-0.15, -0.1) is 0 Å². The topological polar surface area (TPSA) is 85.7 Å². The number of nitrogens with zero attached hydrogens (tertiary/aromatic N) is 3. The number of esters is 1. The minimum atomic E-state index is -0.810. The lowest BCUT2D eigenvalue weighted by atomic mass is 9.94. The molecule has 2 atom stereocenters. The molecule has 1 saturated heterocycles. The molecule has 0 aliphatic carbocycles. The van der Waals surface area contributed by atoms with Crippen LogP contribution in [0.4, 0.5) is 10.1 Å². The molecular formula is C34H37FN4O4. The smallest absolute Gasteiger partial charge is 0.328 e. The largest absolute Gasteiger partial charge is 0.486 e. The van der Waals surface area contributed by atoms with Crippen LogP contribution in [0.15, 0.2) is 91.4 Å². The highest BCUT2D eigenvalue weighted by Crippen LogP contribution is 2.28. The third-order valence-electron chi connectivity index (χ3n) is 7.81. The normalized spacial score (nSPS) is 15.0. The van der Waals surface area contributed by atoms with Crippen molar-refractivity contribution in [3.05, 3.63) is 114 Å². The lowest BCUT2D eigenvalue weighted by Gasteiger charge is -2.34. The van der Waals surface area contributed by atoms with Crippen LogP contribution >= 0.6 is 0 Å². The highest BCUT2D eigenvalue weighted by molar-refractivity contribution is 5.86. The molecule has 1 fully saturated rings. The van der Waals surface area contributed by atoms with E-state index >= 15 is 0 Å². The molecule has 3 aromatic carbocycles. The Morgan fingerprint density at radius 1 is 1.02 bits per heavy atom. The van der Waals surface area contributed by atoms with Crippen molar-refractivity contribution in [2.75, 3.05) is 25.1 Å². The number of halogens is 1. The summed E-state index contributed by atoms with van der Waals surface area (Å²) in [4.78, 5) is 32.5. The summed E-state index contributed by atoms with van der Waals surface area (Å²) in [5.41, 5.74) is 3.92. The van der Waals surface area contributed by atoms with Gasteiger partial charge in [-0.3, -0.25) is 4.79 Å². The Morgan fingerprint density at radius 3 is 2.49 bits per heavy atom. The number of rotatable bonds is 11. The number of nitrogens with one attached hydrogen (secondary N) is 1. The summed E-state index contributed by atoms with van der Waals surface area (Å²) in [6, 6.07) is 23.4. The fraction of sp³-hybridized carbons (Fsp3) is 0.324. The fourth-order valence-corrected chi connectivity index (χ4v) is 5.39. The summed E-state index contributed by atoms with van der Waals surface area (Å²) < 4.78 is 26.2. The third kappa shape index (κ3) is 8.00. The zero-order valence-electron chi connectivity index (χ0n) is 24.5. The van der Waals surface area contributed by atoms with E-state index in [0.29, 0.717) is 43.9 Å². The molecule has 9 heteroatoms. The molecule has 1 N–H and O–H groups in total. The molecule has 2 heterocycles. The number of imidazole rings is 1. The molecule has 43 heavy (non-hydrogen) atoms. The minimum Gasteiger partial charge on any atom is -0.486 e. The first-order valence-corrected chi connectivity index (χ1v) is 14.6. The van der Waals surface area contributed by atoms with Gasteiger partial charge in [0.05, 0.1) is 19.1 Å². The van der Waals surface area contributed by atoms with Gasteiger partial charge in [0.2, 0.25) is 5.91 Å². The number of methoxy groups -OCH3 is 1. The number of amides is 1. The van der Waals surface area contributed by atoms with Crippen molar-refractivity contribution in [1.29, 1.82) is 0 Å². The first-order chi connectivity index (χ1) is 20.9. The molecule has 0 bridgehead atoms. The standard InChI is InChI=1S/C34H37FN4O4/c1-24(43-31-13-11-28(35)12-14-31)27-9-6-10-30(19-27)39-17-15-26(16-18-39)33(40)37-32(34(41)42-2)20-29-22-38(23-36-29)21-25-7-4-3-5-8-25/h3-14,19,22-24,26,32H,15-18,20-21H2,1-2H3,(H,37,40)/t24?,32-/m0/s1. The summed E-state index contributed by atoms with van der Waals surface area (Å²) in [5, 5.41) is 2.93. The van der Waals surface area contributed by atoms with Gasteiger partial charge in [-0.1, -0.05) is 42.5 Å². The van der Waals surface area contributed by atoms with E-state index in [1.165, 1.54) is 19.2 Å². The minimum absolute atomic E-state index is 0.145. The maximum Gasteiger partial charge on any atom is 0.328 e. The molecule has 4 aromatic rings. The van der Waals surface area contributed by atoms with Crippen molar-refractivity contribution >= 4 is 17.6 Å². The first-order valence-electron chi connectivity index (χ1n) is 14.6. The van der Waals surface area contributed by atoms with Crippen LogP contribution in [-0.2, 0) is 27.3 Å². The zero-order chi connectivity index (χ0) is 30.2. The summed E-state index contributed by atoms with van der Waals surface area (Å²) in [6.45, 7) is 4.05. The van der Waals surface area contributed by atoms with Gasteiger partial charge in [0, 0.05) is 43.9 Å². The quantitative estimate of drug-likeness (QED) is 0.240. The molecule has 8 nitrogen and oxygen atoms in total. The molecule has 1 aliphatic rings. The molecule has 1 aliphatic heterocycles. The van der Waals surface area contributed by atoms with E-state index in [9.17, 15) is 14.0 Å². The Balaban J connectivity index is 1.14. The highest BCUT2D eigenvalue weighted by atomic mass is 19.1. The summed E-state index contributed by atoms with van der Waals surface area (Å²) in [6.07, 6.45) is 5.00. The second kappa shape index (κ2) is 14.0. The number of ether oxygens (including phenoxy) is 2. The van der Waals surface area contributed by atoms with E-state index in [-0.39, 0.29) is 30.2 Å². The van der Waals surface area contributed by atoms with Crippen LogP contribution in [0, 0.1) is 11.7 Å². The fourth-order valence-electron chi connectivity index (χ4n) is 5.39. The van der Waals surface area contributed by atoms with Crippen LogP contribution < -0.4 is 15.0 Å². The molecule has 224 valence electrons. The molecule has 0 spiro atoms. The van der Waals surface area contributed by atoms with Crippen LogP contribution in [-0.4, -0.2) is 47.7 Å². The Kier molecular flexibility index (Phi) is 9.71. The summed E-state index contributed by atoms with van der Waals surface area (Å²) >= 11 is 0.